The Bertz CT molecular complexity index is 1380. The van der Waals surface area contributed by atoms with Crippen LogP contribution in [0.15, 0.2) is 36.5 Å². The van der Waals surface area contributed by atoms with Gasteiger partial charge in [0.05, 0.1) is 35.4 Å². The maximum Gasteiger partial charge on any atom is 0.165 e. The van der Waals surface area contributed by atoms with Crippen molar-refractivity contribution in [1.29, 1.82) is 5.41 Å². The molecule has 1 atom stereocenters. The van der Waals surface area contributed by atoms with E-state index in [9.17, 15) is 0 Å². The predicted octanol–water partition coefficient (Wildman–Crippen LogP) is 3.20. The molecule has 0 spiro atoms. The van der Waals surface area contributed by atoms with Crippen molar-refractivity contribution in [3.8, 4) is 5.69 Å². The van der Waals surface area contributed by atoms with Crippen molar-refractivity contribution < 1.29 is 0 Å². The lowest BCUT2D eigenvalue weighted by Crippen LogP contribution is -2.32. The number of thiazole rings is 1. The van der Waals surface area contributed by atoms with E-state index in [4.69, 9.17) is 16.1 Å². The maximum atomic E-state index is 8.01. The summed E-state index contributed by atoms with van der Waals surface area (Å²) in [5.74, 6) is 2.60. The van der Waals surface area contributed by atoms with Crippen molar-refractivity contribution >= 4 is 40.3 Å². The first-order valence-electron chi connectivity index (χ1n) is 11.2. The van der Waals surface area contributed by atoms with Gasteiger partial charge in [0.25, 0.3) is 0 Å². The van der Waals surface area contributed by atoms with E-state index in [0.717, 1.165) is 36.1 Å². The van der Waals surface area contributed by atoms with Crippen LogP contribution in [-0.4, -0.2) is 45.7 Å². The van der Waals surface area contributed by atoms with E-state index < -0.39 is 0 Å². The number of nitrogens with zero attached hydrogens (tertiary/aromatic N) is 9. The molecular formula is C22H23N11S. The highest BCUT2D eigenvalue weighted by Gasteiger charge is 2.36. The highest BCUT2D eigenvalue weighted by molar-refractivity contribution is 7.10. The molecule has 5 heterocycles. The number of nitrogens with two attached hydrogens (primary N) is 1. The summed E-state index contributed by atoms with van der Waals surface area (Å²) in [5.41, 5.74) is 8.85. The number of fused-ring (bicyclic) bond motifs is 3. The van der Waals surface area contributed by atoms with Gasteiger partial charge < -0.3 is 16.0 Å². The molecule has 11 nitrogen and oxygen atoms in total. The molecule has 4 aromatic rings. The van der Waals surface area contributed by atoms with Crippen LogP contribution in [0.3, 0.4) is 0 Å². The number of allylic oxidation sites excluding steroid dienone is 1. The lowest BCUT2D eigenvalue weighted by atomic mass is 10.1. The first-order valence-corrected chi connectivity index (χ1v) is 12.0. The summed E-state index contributed by atoms with van der Waals surface area (Å²) in [6, 6.07) is -0.0833. The summed E-state index contributed by atoms with van der Waals surface area (Å²) in [4.78, 5) is 15.9. The number of anilines is 2. The van der Waals surface area contributed by atoms with Crippen LogP contribution in [0.1, 0.15) is 48.9 Å². The fourth-order valence-electron chi connectivity index (χ4n) is 4.31. The SMILES string of the molecule is CCC1c2nncn2-c2cnc(/C(C=N)=C(/N)c3nccs3)nc2N1c1cnn(CC2CC2)c1. The van der Waals surface area contributed by atoms with E-state index in [1.165, 1.54) is 30.4 Å². The lowest BCUT2D eigenvalue weighted by molar-refractivity contribution is 0.561. The third-order valence-electron chi connectivity index (χ3n) is 6.19. The third-order valence-corrected chi connectivity index (χ3v) is 6.99. The topological polar surface area (TPSA) is 140 Å². The van der Waals surface area contributed by atoms with Crippen molar-refractivity contribution in [1.82, 2.24) is 39.5 Å². The highest BCUT2D eigenvalue weighted by atomic mass is 32.1. The highest BCUT2D eigenvalue weighted by Crippen LogP contribution is 2.43. The Morgan fingerprint density at radius 1 is 1.29 bits per heavy atom. The molecule has 0 aromatic carbocycles. The van der Waals surface area contributed by atoms with Crippen molar-refractivity contribution in [3.63, 3.8) is 0 Å². The van der Waals surface area contributed by atoms with Gasteiger partial charge in [-0.3, -0.25) is 9.25 Å². The minimum Gasteiger partial charge on any atom is -0.396 e. The minimum atomic E-state index is -0.0833. The van der Waals surface area contributed by atoms with Gasteiger partial charge in [0.15, 0.2) is 17.5 Å². The zero-order valence-electron chi connectivity index (χ0n) is 18.5. The van der Waals surface area contributed by atoms with Gasteiger partial charge in [0, 0.05) is 30.5 Å². The molecule has 0 bridgehead atoms. The molecule has 12 heteroatoms. The minimum absolute atomic E-state index is 0.0833. The molecule has 0 amide bonds. The van der Waals surface area contributed by atoms with Gasteiger partial charge in [-0.05, 0) is 25.2 Å². The molecule has 4 aromatic heterocycles. The molecule has 0 saturated heterocycles. The van der Waals surface area contributed by atoms with Crippen molar-refractivity contribution in [2.24, 2.45) is 11.7 Å². The molecule has 6 rings (SSSR count). The van der Waals surface area contributed by atoms with Crippen molar-refractivity contribution in [3.05, 3.63) is 53.2 Å². The molecule has 3 N–H and O–H groups in total. The second kappa shape index (κ2) is 8.13. The molecule has 1 unspecified atom stereocenters. The summed E-state index contributed by atoms with van der Waals surface area (Å²) in [7, 11) is 0. The van der Waals surface area contributed by atoms with Gasteiger partial charge in [-0.1, -0.05) is 6.92 Å². The molecule has 0 radical (unpaired) electrons. The van der Waals surface area contributed by atoms with Crippen LogP contribution in [0.25, 0.3) is 17.0 Å². The zero-order valence-corrected chi connectivity index (χ0v) is 19.4. The number of rotatable bonds is 7. The molecule has 2 aliphatic rings. The van der Waals surface area contributed by atoms with Crippen LogP contribution in [0.4, 0.5) is 11.5 Å². The van der Waals surface area contributed by atoms with E-state index in [-0.39, 0.29) is 6.04 Å². The Kier molecular flexibility index (Phi) is 4.94. The van der Waals surface area contributed by atoms with E-state index in [0.29, 0.717) is 27.9 Å². The van der Waals surface area contributed by atoms with Crippen LogP contribution in [0.5, 0.6) is 0 Å². The van der Waals surface area contributed by atoms with Crippen LogP contribution >= 0.6 is 11.3 Å². The summed E-state index contributed by atoms with van der Waals surface area (Å²) in [6.45, 7) is 3.04. The number of hydrogen-bond donors (Lipinski definition) is 2. The van der Waals surface area contributed by atoms with E-state index in [1.54, 1.807) is 18.7 Å². The van der Waals surface area contributed by atoms with Gasteiger partial charge in [0.1, 0.15) is 17.0 Å². The monoisotopic (exact) mass is 473 g/mol. The van der Waals surface area contributed by atoms with E-state index in [2.05, 4.69) is 43.3 Å². The predicted molar refractivity (Wildman–Crippen MR) is 129 cm³/mol. The normalized spacial score (nSPS) is 17.8. The first-order chi connectivity index (χ1) is 16.7. The van der Waals surface area contributed by atoms with Crippen molar-refractivity contribution in [2.75, 3.05) is 4.90 Å². The molecule has 1 fully saturated rings. The van der Waals surface area contributed by atoms with Crippen molar-refractivity contribution in [2.45, 2.75) is 38.8 Å². The molecular weight excluding hydrogens is 450 g/mol. The summed E-state index contributed by atoms with van der Waals surface area (Å²) >= 11 is 1.41. The van der Waals surface area contributed by atoms with Gasteiger partial charge >= 0.3 is 0 Å². The van der Waals surface area contributed by atoms with Gasteiger partial charge in [-0.25, -0.2) is 15.0 Å². The second-order valence-corrected chi connectivity index (χ2v) is 9.32. The van der Waals surface area contributed by atoms with Crippen LogP contribution in [-0.2, 0) is 6.54 Å². The van der Waals surface area contributed by atoms with Crippen LogP contribution < -0.4 is 10.6 Å². The Hall–Kier alpha value is -3.93. The van der Waals surface area contributed by atoms with E-state index in [1.807, 2.05) is 20.8 Å². The molecule has 1 aliphatic carbocycles. The fraction of sp³-hybridized carbons (Fsp3) is 0.318. The van der Waals surface area contributed by atoms with Gasteiger partial charge in [-0.15, -0.1) is 21.5 Å². The molecule has 1 saturated carbocycles. The average Bonchev–Trinajstić information content (AvgIpc) is 3.28. The summed E-state index contributed by atoms with van der Waals surface area (Å²) in [6.07, 6.45) is 13.5. The fourth-order valence-corrected chi connectivity index (χ4v) is 4.92. The van der Waals surface area contributed by atoms with Crippen LogP contribution in [0.2, 0.25) is 0 Å². The smallest absolute Gasteiger partial charge is 0.165 e. The number of nitrogens with one attached hydrogen (secondary N) is 1. The lowest BCUT2D eigenvalue weighted by Gasteiger charge is -2.35. The summed E-state index contributed by atoms with van der Waals surface area (Å²) in [5, 5.41) is 23.6. The van der Waals surface area contributed by atoms with Gasteiger partial charge in [-0.2, -0.15) is 5.10 Å². The zero-order chi connectivity index (χ0) is 23.2. The molecule has 1 aliphatic heterocycles. The number of aromatic nitrogens is 8. The number of hydrogen-bond acceptors (Lipinski definition) is 10. The quantitative estimate of drug-likeness (QED) is 0.390. The summed E-state index contributed by atoms with van der Waals surface area (Å²) < 4.78 is 3.93. The Morgan fingerprint density at radius 2 is 2.18 bits per heavy atom. The average molecular weight is 474 g/mol. The third kappa shape index (κ3) is 3.37. The van der Waals surface area contributed by atoms with Gasteiger partial charge in [0.2, 0.25) is 0 Å². The van der Waals surface area contributed by atoms with Crippen LogP contribution in [0, 0.1) is 11.3 Å². The van der Waals surface area contributed by atoms with E-state index >= 15 is 0 Å². The Balaban J connectivity index is 1.50. The Morgan fingerprint density at radius 3 is 2.91 bits per heavy atom. The first kappa shape index (κ1) is 20.7. The second-order valence-electron chi connectivity index (χ2n) is 8.43. The maximum absolute atomic E-state index is 8.01. The molecule has 34 heavy (non-hydrogen) atoms. The Labute approximate surface area is 199 Å². The molecule has 172 valence electrons. The standard InChI is InChI=1S/C22H23N11S/c1-2-16-21-30-27-12-32(21)17-9-26-19(15(7-23)18(24)22-25-5-6-34-22)29-20(17)33(16)14-8-28-31(11-14)10-13-3-4-13/h5-9,11-13,16,23H,2-4,10,24H2,1H3/b18-15+,23-7?. The largest absolute Gasteiger partial charge is 0.396 e.